The second-order valence-electron chi connectivity index (χ2n) is 4.11. The normalized spacial score (nSPS) is 14.4. The number of benzene rings is 1. The van der Waals surface area contributed by atoms with E-state index in [-0.39, 0.29) is 27.6 Å². The van der Waals surface area contributed by atoms with Gasteiger partial charge in [-0.3, -0.25) is 0 Å². The maximum Gasteiger partial charge on any atom is 0.171 e. The maximum absolute atomic E-state index is 13.7. The number of nitriles is 1. The molecule has 1 aromatic heterocycles. The molecule has 0 radical (unpaired) electrons. The van der Waals surface area contributed by atoms with Crippen molar-refractivity contribution in [1.29, 1.82) is 5.26 Å². The summed E-state index contributed by atoms with van der Waals surface area (Å²) < 4.78 is 13.7. The molecule has 18 heavy (non-hydrogen) atoms. The lowest BCUT2D eigenvalue weighted by Crippen LogP contribution is -2.39. The summed E-state index contributed by atoms with van der Waals surface area (Å²) in [4.78, 5) is 1.14. The van der Waals surface area contributed by atoms with E-state index in [1.54, 1.807) is 0 Å². The maximum atomic E-state index is 13.7. The van der Waals surface area contributed by atoms with Gasteiger partial charge in [0.1, 0.15) is 11.1 Å². The molecule has 0 fully saturated rings. The molecular formula is C10H8Cl2FN5. The Morgan fingerprint density at radius 3 is 2.67 bits per heavy atom. The molecule has 1 atom stereocenters. The first-order valence-corrected chi connectivity index (χ1v) is 5.68. The largest absolute Gasteiger partial charge is 0.312 e. The second-order valence-corrected chi connectivity index (χ2v) is 4.93. The van der Waals surface area contributed by atoms with Crippen LogP contribution in [0.5, 0.6) is 0 Å². The Labute approximate surface area is 112 Å². The first-order valence-electron chi connectivity index (χ1n) is 4.92. The molecular weight excluding hydrogens is 280 g/mol. The molecule has 2 N–H and O–H groups in total. The number of halogens is 3. The van der Waals surface area contributed by atoms with Gasteiger partial charge >= 0.3 is 0 Å². The van der Waals surface area contributed by atoms with E-state index in [4.69, 9.17) is 34.2 Å². The molecule has 0 saturated carbocycles. The van der Waals surface area contributed by atoms with Gasteiger partial charge in [-0.15, -0.1) is 5.10 Å². The number of aromatic nitrogens is 3. The Morgan fingerprint density at radius 1 is 1.44 bits per heavy atom. The van der Waals surface area contributed by atoms with Gasteiger partial charge in [-0.2, -0.15) is 15.2 Å². The van der Waals surface area contributed by atoms with Crippen molar-refractivity contribution in [2.75, 3.05) is 0 Å². The van der Waals surface area contributed by atoms with Gasteiger partial charge in [0, 0.05) is 0 Å². The Kier molecular flexibility index (Phi) is 3.15. The van der Waals surface area contributed by atoms with E-state index in [2.05, 4.69) is 10.2 Å². The lowest BCUT2D eigenvalue weighted by atomic mass is 10.1. The third kappa shape index (κ3) is 2.25. The summed E-state index contributed by atoms with van der Waals surface area (Å²) in [5.41, 5.74) is 4.66. The Hall–Kier alpha value is -1.42. The fourth-order valence-electron chi connectivity index (χ4n) is 1.41. The monoisotopic (exact) mass is 287 g/mol. The first-order chi connectivity index (χ1) is 8.34. The molecule has 94 valence electrons. The van der Waals surface area contributed by atoms with Gasteiger partial charge in [-0.05, 0) is 13.0 Å². The predicted molar refractivity (Wildman–Crippen MR) is 65.7 cm³/mol. The second kappa shape index (κ2) is 4.35. The Bertz CT molecular complexity index is 658. The van der Waals surface area contributed by atoms with E-state index in [1.807, 2.05) is 6.07 Å². The lowest BCUT2D eigenvalue weighted by molar-refractivity contribution is 0.423. The summed E-state index contributed by atoms with van der Waals surface area (Å²) >= 11 is 11.5. The highest BCUT2D eigenvalue weighted by Gasteiger charge is 2.22. The minimum Gasteiger partial charge on any atom is -0.312 e. The minimum atomic E-state index is -1.15. The summed E-state index contributed by atoms with van der Waals surface area (Å²) in [6.45, 7) is 1.54. The van der Waals surface area contributed by atoms with Crippen molar-refractivity contribution in [2.24, 2.45) is 5.73 Å². The molecule has 1 unspecified atom stereocenters. The van der Waals surface area contributed by atoms with Crippen molar-refractivity contribution >= 4 is 34.2 Å². The molecule has 5 nitrogen and oxygen atoms in total. The third-order valence-corrected chi connectivity index (χ3v) is 2.84. The quantitative estimate of drug-likeness (QED) is 0.858. The number of rotatable bonds is 2. The van der Waals surface area contributed by atoms with Crippen LogP contribution in [0.25, 0.3) is 11.0 Å². The summed E-state index contributed by atoms with van der Waals surface area (Å²) in [6.07, 6.45) is 0. The highest BCUT2D eigenvalue weighted by atomic mass is 35.5. The van der Waals surface area contributed by atoms with E-state index in [0.29, 0.717) is 0 Å². The van der Waals surface area contributed by atoms with Crippen molar-refractivity contribution in [3.05, 3.63) is 21.9 Å². The van der Waals surface area contributed by atoms with Crippen LogP contribution in [0.1, 0.15) is 6.92 Å². The molecule has 0 amide bonds. The molecule has 8 heteroatoms. The van der Waals surface area contributed by atoms with Gasteiger partial charge in [0.15, 0.2) is 11.3 Å². The van der Waals surface area contributed by atoms with Crippen LogP contribution in [0.15, 0.2) is 6.07 Å². The minimum absolute atomic E-state index is 0.0194. The predicted octanol–water partition coefficient (Wildman–Crippen LogP) is 2.12. The zero-order valence-electron chi connectivity index (χ0n) is 9.28. The van der Waals surface area contributed by atoms with E-state index >= 15 is 0 Å². The van der Waals surface area contributed by atoms with Crippen LogP contribution in [0, 0.1) is 17.1 Å². The fourth-order valence-corrected chi connectivity index (χ4v) is 1.90. The number of hydrogen-bond acceptors (Lipinski definition) is 4. The van der Waals surface area contributed by atoms with Gasteiger partial charge in [0.25, 0.3) is 0 Å². The number of nitrogens with two attached hydrogens (primary N) is 1. The molecule has 0 bridgehead atoms. The zero-order chi connectivity index (χ0) is 13.5. The number of nitrogens with zero attached hydrogens (tertiary/aromatic N) is 4. The molecule has 0 saturated heterocycles. The van der Waals surface area contributed by atoms with Gasteiger partial charge < -0.3 is 5.73 Å². The molecule has 1 heterocycles. The van der Waals surface area contributed by atoms with Gasteiger partial charge in [-0.1, -0.05) is 23.2 Å². The first kappa shape index (κ1) is 13.0. The molecule has 2 aromatic rings. The van der Waals surface area contributed by atoms with Crippen molar-refractivity contribution in [3.63, 3.8) is 0 Å². The Balaban J connectivity index is 2.55. The van der Waals surface area contributed by atoms with Crippen molar-refractivity contribution in [3.8, 4) is 6.07 Å². The van der Waals surface area contributed by atoms with Crippen LogP contribution >= 0.6 is 23.2 Å². The summed E-state index contributed by atoms with van der Waals surface area (Å²) in [5, 5.41) is 16.8. The highest BCUT2D eigenvalue weighted by Crippen LogP contribution is 2.28. The average molecular weight is 288 g/mol. The van der Waals surface area contributed by atoms with Crippen LogP contribution in [0.2, 0.25) is 10.0 Å². The fraction of sp³-hybridized carbons (Fsp3) is 0.300. The van der Waals surface area contributed by atoms with Crippen LogP contribution in [0.3, 0.4) is 0 Å². The third-order valence-electron chi connectivity index (χ3n) is 2.28. The highest BCUT2D eigenvalue weighted by molar-refractivity contribution is 6.38. The lowest BCUT2D eigenvalue weighted by Gasteiger charge is -2.13. The molecule has 2 rings (SSSR count). The van der Waals surface area contributed by atoms with Crippen LogP contribution in [-0.4, -0.2) is 20.5 Å². The topological polar surface area (TPSA) is 80.5 Å². The van der Waals surface area contributed by atoms with Crippen LogP contribution in [0.4, 0.5) is 4.39 Å². The van der Waals surface area contributed by atoms with E-state index < -0.39 is 11.4 Å². The molecule has 0 aliphatic heterocycles. The summed E-state index contributed by atoms with van der Waals surface area (Å²) in [5.74, 6) is -0.696. The van der Waals surface area contributed by atoms with E-state index in [0.717, 1.165) is 4.80 Å². The van der Waals surface area contributed by atoms with E-state index in [9.17, 15) is 4.39 Å². The smallest absolute Gasteiger partial charge is 0.171 e. The summed E-state index contributed by atoms with van der Waals surface area (Å²) in [7, 11) is 0. The van der Waals surface area contributed by atoms with Crippen LogP contribution in [-0.2, 0) is 6.54 Å². The molecule has 0 aliphatic carbocycles. The standard InChI is InChI=1S/C10H8Cl2FN5/c1-10(15,3-14)4-18-16-8-6(12)2-5(11)7(13)9(8)17-18/h2H,4,15H2,1H3. The van der Waals surface area contributed by atoms with Crippen molar-refractivity contribution in [1.82, 2.24) is 15.0 Å². The van der Waals surface area contributed by atoms with Crippen molar-refractivity contribution in [2.45, 2.75) is 19.0 Å². The molecule has 0 aliphatic rings. The number of hydrogen-bond donors (Lipinski definition) is 1. The van der Waals surface area contributed by atoms with Crippen LogP contribution < -0.4 is 5.73 Å². The van der Waals surface area contributed by atoms with Crippen molar-refractivity contribution < 1.29 is 4.39 Å². The van der Waals surface area contributed by atoms with E-state index in [1.165, 1.54) is 13.0 Å². The SMILES string of the molecule is CC(N)(C#N)Cn1nc2c(Cl)cc(Cl)c(F)c2n1. The molecule has 0 spiro atoms. The molecule has 1 aromatic carbocycles. The zero-order valence-corrected chi connectivity index (χ0v) is 10.8. The Morgan fingerprint density at radius 2 is 2.06 bits per heavy atom. The number of fused-ring (bicyclic) bond motifs is 1. The van der Waals surface area contributed by atoms with Gasteiger partial charge in [-0.25, -0.2) is 4.39 Å². The summed E-state index contributed by atoms with van der Waals surface area (Å²) in [6, 6.07) is 3.15. The van der Waals surface area contributed by atoms with Gasteiger partial charge in [0.2, 0.25) is 0 Å². The average Bonchev–Trinajstić information content (AvgIpc) is 2.70. The van der Waals surface area contributed by atoms with Gasteiger partial charge in [0.05, 0.1) is 22.7 Å².